The molecule has 0 aromatic heterocycles. The maximum absolute atomic E-state index is 10.4. The van der Waals surface area contributed by atoms with Gasteiger partial charge < -0.3 is 10.1 Å². The number of carbonyl (C=O) groups excluding carboxylic acids is 1. The molecule has 0 bridgehead atoms. The minimum absolute atomic E-state index is 0.205. The summed E-state index contributed by atoms with van der Waals surface area (Å²) in [6.07, 6.45) is 0. The highest BCUT2D eigenvalue weighted by atomic mass is 79.9. The van der Waals surface area contributed by atoms with E-state index in [0.29, 0.717) is 0 Å². The van der Waals surface area contributed by atoms with Crippen LogP contribution < -0.4 is 5.32 Å². The van der Waals surface area contributed by atoms with Crippen molar-refractivity contribution in [2.24, 2.45) is 0 Å². The Balaban J connectivity index is 2.37. The lowest BCUT2D eigenvalue weighted by Gasteiger charge is -2.05. The van der Waals surface area contributed by atoms with Crippen molar-refractivity contribution in [2.75, 3.05) is 12.0 Å². The van der Waals surface area contributed by atoms with Gasteiger partial charge in [-0.1, -0.05) is 15.9 Å². The molecule has 0 heterocycles. The smallest absolute Gasteiger partial charge is 0.304 e. The molecule has 13 heavy (non-hydrogen) atoms. The van der Waals surface area contributed by atoms with Gasteiger partial charge in [-0.3, -0.25) is 4.79 Å². The molecule has 0 aliphatic carbocycles. The van der Waals surface area contributed by atoms with Gasteiger partial charge in [0.1, 0.15) is 0 Å². The van der Waals surface area contributed by atoms with Crippen LogP contribution in [0.5, 0.6) is 0 Å². The number of hydrogen-bond donors (Lipinski definition) is 1. The highest BCUT2D eigenvalue weighted by Gasteiger charge is 1.93. The third kappa shape index (κ3) is 3.94. The van der Waals surface area contributed by atoms with Crippen LogP contribution in [0.15, 0.2) is 28.7 Å². The zero-order valence-corrected chi connectivity index (χ0v) is 8.80. The number of ether oxygens (including phenoxy) is 1. The third-order valence-corrected chi connectivity index (χ3v) is 1.92. The summed E-state index contributed by atoms with van der Waals surface area (Å²) in [5.41, 5.74) is 0.921. The first-order chi connectivity index (χ1) is 6.18. The number of nitrogens with one attached hydrogen (secondary N) is 1. The monoisotopic (exact) mass is 243 g/mol. The summed E-state index contributed by atoms with van der Waals surface area (Å²) in [6, 6.07) is 7.62. The SMILES string of the molecule is CC(=O)OCNc1ccc(Br)cc1. The molecule has 0 fully saturated rings. The number of hydrogen-bond acceptors (Lipinski definition) is 3. The van der Waals surface area contributed by atoms with Gasteiger partial charge in [-0.15, -0.1) is 0 Å². The molecular formula is C9H10BrNO2. The molecule has 70 valence electrons. The summed E-state index contributed by atoms with van der Waals surface area (Å²) in [5, 5.41) is 2.94. The van der Waals surface area contributed by atoms with Gasteiger partial charge in [-0.2, -0.15) is 0 Å². The molecule has 1 rings (SSSR count). The predicted molar refractivity (Wildman–Crippen MR) is 54.4 cm³/mol. The first kappa shape index (κ1) is 10.1. The Labute approximate surface area is 85.2 Å². The molecule has 0 unspecified atom stereocenters. The largest absolute Gasteiger partial charge is 0.445 e. The van der Waals surface area contributed by atoms with Crippen LogP contribution in [-0.2, 0) is 9.53 Å². The van der Waals surface area contributed by atoms with E-state index in [1.807, 2.05) is 24.3 Å². The zero-order valence-electron chi connectivity index (χ0n) is 7.21. The van der Waals surface area contributed by atoms with E-state index in [9.17, 15) is 4.79 Å². The topological polar surface area (TPSA) is 38.3 Å². The van der Waals surface area contributed by atoms with Crippen LogP contribution in [0, 0.1) is 0 Å². The van der Waals surface area contributed by atoms with Crippen molar-refractivity contribution in [1.29, 1.82) is 0 Å². The Morgan fingerprint density at radius 2 is 2.08 bits per heavy atom. The molecule has 0 aliphatic heterocycles. The average Bonchev–Trinajstić information content (AvgIpc) is 2.08. The summed E-state index contributed by atoms with van der Waals surface area (Å²) in [6.45, 7) is 1.58. The second-order valence-corrected chi connectivity index (χ2v) is 3.38. The summed E-state index contributed by atoms with van der Waals surface area (Å²) >= 11 is 3.32. The van der Waals surface area contributed by atoms with Crippen LogP contribution in [0.3, 0.4) is 0 Å². The number of rotatable bonds is 3. The Kier molecular flexibility index (Phi) is 3.76. The van der Waals surface area contributed by atoms with Crippen molar-refractivity contribution in [3.8, 4) is 0 Å². The lowest BCUT2D eigenvalue weighted by Crippen LogP contribution is -2.09. The van der Waals surface area contributed by atoms with Crippen molar-refractivity contribution in [2.45, 2.75) is 6.92 Å². The van der Waals surface area contributed by atoms with E-state index in [1.165, 1.54) is 6.92 Å². The van der Waals surface area contributed by atoms with Crippen LogP contribution in [0.2, 0.25) is 0 Å². The number of carbonyl (C=O) groups is 1. The van der Waals surface area contributed by atoms with Gasteiger partial charge in [-0.25, -0.2) is 0 Å². The molecule has 4 heteroatoms. The minimum Gasteiger partial charge on any atom is -0.445 e. The quantitative estimate of drug-likeness (QED) is 0.655. The van der Waals surface area contributed by atoms with Crippen LogP contribution >= 0.6 is 15.9 Å². The van der Waals surface area contributed by atoms with E-state index >= 15 is 0 Å². The van der Waals surface area contributed by atoms with Crippen molar-refractivity contribution < 1.29 is 9.53 Å². The molecule has 0 radical (unpaired) electrons. The van der Waals surface area contributed by atoms with E-state index < -0.39 is 0 Å². The Morgan fingerprint density at radius 3 is 2.62 bits per heavy atom. The lowest BCUT2D eigenvalue weighted by atomic mass is 10.3. The van der Waals surface area contributed by atoms with Crippen molar-refractivity contribution in [3.63, 3.8) is 0 Å². The van der Waals surface area contributed by atoms with E-state index in [4.69, 9.17) is 4.74 Å². The Morgan fingerprint density at radius 1 is 1.46 bits per heavy atom. The standard InChI is InChI=1S/C9H10BrNO2/c1-7(12)13-6-11-9-4-2-8(10)3-5-9/h2-5,11H,6H2,1H3. The Hall–Kier alpha value is -1.03. The lowest BCUT2D eigenvalue weighted by molar-refractivity contribution is -0.140. The molecule has 0 aliphatic rings. The summed E-state index contributed by atoms with van der Waals surface area (Å²) in [4.78, 5) is 10.4. The van der Waals surface area contributed by atoms with Crippen molar-refractivity contribution in [1.82, 2.24) is 0 Å². The van der Waals surface area contributed by atoms with Crippen LogP contribution in [0.4, 0.5) is 5.69 Å². The summed E-state index contributed by atoms with van der Waals surface area (Å²) < 4.78 is 5.73. The highest BCUT2D eigenvalue weighted by molar-refractivity contribution is 9.10. The van der Waals surface area contributed by atoms with Crippen LogP contribution in [0.1, 0.15) is 6.92 Å². The predicted octanol–water partition coefficient (Wildman–Crippen LogP) is 2.38. The summed E-state index contributed by atoms with van der Waals surface area (Å²) in [7, 11) is 0. The minimum atomic E-state index is -0.287. The van der Waals surface area contributed by atoms with E-state index in [-0.39, 0.29) is 12.7 Å². The van der Waals surface area contributed by atoms with Crippen molar-refractivity contribution >= 4 is 27.6 Å². The van der Waals surface area contributed by atoms with Gasteiger partial charge in [-0.05, 0) is 24.3 Å². The van der Waals surface area contributed by atoms with E-state index in [2.05, 4.69) is 21.2 Å². The normalized spacial score (nSPS) is 9.38. The first-order valence-corrected chi connectivity index (χ1v) is 4.60. The second kappa shape index (κ2) is 4.87. The molecule has 1 N–H and O–H groups in total. The fourth-order valence-corrected chi connectivity index (χ4v) is 1.05. The second-order valence-electron chi connectivity index (χ2n) is 2.46. The molecule has 0 saturated heterocycles. The number of esters is 1. The van der Waals surface area contributed by atoms with Gasteiger partial charge in [0, 0.05) is 17.1 Å². The Bertz CT molecular complexity index is 284. The molecule has 1 aromatic carbocycles. The number of anilines is 1. The van der Waals surface area contributed by atoms with Crippen molar-refractivity contribution in [3.05, 3.63) is 28.7 Å². The number of benzene rings is 1. The maximum Gasteiger partial charge on any atom is 0.304 e. The molecule has 1 aromatic rings. The maximum atomic E-state index is 10.4. The molecule has 0 atom stereocenters. The summed E-state index contributed by atoms with van der Waals surface area (Å²) in [5.74, 6) is -0.287. The zero-order chi connectivity index (χ0) is 9.68. The van der Waals surface area contributed by atoms with Gasteiger partial charge >= 0.3 is 5.97 Å². The third-order valence-electron chi connectivity index (χ3n) is 1.40. The number of halogens is 1. The molecule has 0 spiro atoms. The molecular weight excluding hydrogens is 234 g/mol. The van der Waals surface area contributed by atoms with Crippen LogP contribution in [-0.4, -0.2) is 12.7 Å². The van der Waals surface area contributed by atoms with Gasteiger partial charge in [0.15, 0.2) is 6.73 Å². The van der Waals surface area contributed by atoms with Gasteiger partial charge in [0.05, 0.1) is 0 Å². The fraction of sp³-hybridized carbons (Fsp3) is 0.222. The van der Waals surface area contributed by atoms with Gasteiger partial charge in [0.25, 0.3) is 0 Å². The molecule has 0 saturated carbocycles. The van der Waals surface area contributed by atoms with Gasteiger partial charge in [0.2, 0.25) is 0 Å². The average molecular weight is 244 g/mol. The van der Waals surface area contributed by atoms with Crippen LogP contribution in [0.25, 0.3) is 0 Å². The molecule has 3 nitrogen and oxygen atoms in total. The molecule has 0 amide bonds. The highest BCUT2D eigenvalue weighted by Crippen LogP contribution is 2.13. The fourth-order valence-electron chi connectivity index (χ4n) is 0.789. The van der Waals surface area contributed by atoms with E-state index in [1.54, 1.807) is 0 Å². The first-order valence-electron chi connectivity index (χ1n) is 3.81. The van der Waals surface area contributed by atoms with E-state index in [0.717, 1.165) is 10.2 Å².